The number of amides is 1. The molecule has 0 spiro atoms. The Bertz CT molecular complexity index is 1000. The first kappa shape index (κ1) is 20.7. The van der Waals surface area contributed by atoms with E-state index in [4.69, 9.17) is 9.47 Å². The number of thioether (sulfide) groups is 1. The fraction of sp³-hybridized carbons (Fsp3) is 0.286. The van der Waals surface area contributed by atoms with Crippen LogP contribution in [0.2, 0.25) is 0 Å². The first-order valence-electron chi connectivity index (χ1n) is 9.09. The van der Waals surface area contributed by atoms with Gasteiger partial charge < -0.3 is 19.4 Å². The maximum absolute atomic E-state index is 12.7. The van der Waals surface area contributed by atoms with Crippen molar-refractivity contribution in [1.29, 1.82) is 0 Å². The van der Waals surface area contributed by atoms with Crippen LogP contribution in [0.15, 0.2) is 47.6 Å². The third kappa shape index (κ3) is 4.71. The van der Waals surface area contributed by atoms with Crippen LogP contribution in [0.1, 0.15) is 12.5 Å². The largest absolute Gasteiger partial charge is 0.497 e. The second-order valence-electron chi connectivity index (χ2n) is 6.55. The van der Waals surface area contributed by atoms with Crippen molar-refractivity contribution in [3.05, 3.63) is 48.0 Å². The smallest absolute Gasteiger partial charge is 0.237 e. The number of nitrogens with one attached hydrogen (secondary N) is 1. The van der Waals surface area contributed by atoms with Gasteiger partial charge in [0.2, 0.25) is 5.91 Å². The van der Waals surface area contributed by atoms with Crippen molar-refractivity contribution < 1.29 is 14.3 Å². The van der Waals surface area contributed by atoms with E-state index in [-0.39, 0.29) is 11.2 Å². The molecule has 7 nitrogen and oxygen atoms in total. The molecule has 1 N–H and O–H groups in total. The fourth-order valence-corrected chi connectivity index (χ4v) is 3.59. The summed E-state index contributed by atoms with van der Waals surface area (Å²) >= 11 is 1.35. The molecule has 0 aliphatic heterocycles. The molecule has 0 saturated heterocycles. The Morgan fingerprint density at radius 2 is 1.83 bits per heavy atom. The third-order valence-electron chi connectivity index (χ3n) is 4.45. The summed E-state index contributed by atoms with van der Waals surface area (Å²) in [7, 11) is 5.10. The second kappa shape index (κ2) is 9.00. The number of hydrogen-bond acceptors (Lipinski definition) is 6. The molecule has 0 aliphatic carbocycles. The summed E-state index contributed by atoms with van der Waals surface area (Å²) in [6.45, 7) is 3.80. The number of methoxy groups -OCH3 is 2. The monoisotopic (exact) mass is 412 g/mol. The van der Waals surface area contributed by atoms with Gasteiger partial charge in [0.15, 0.2) is 11.0 Å². The molecule has 1 heterocycles. The van der Waals surface area contributed by atoms with Crippen LogP contribution in [0, 0.1) is 6.92 Å². The average Bonchev–Trinajstić information content (AvgIpc) is 3.08. The van der Waals surface area contributed by atoms with Crippen molar-refractivity contribution in [2.75, 3.05) is 19.5 Å². The van der Waals surface area contributed by atoms with E-state index in [2.05, 4.69) is 15.5 Å². The summed E-state index contributed by atoms with van der Waals surface area (Å²) in [5.41, 5.74) is 2.62. The van der Waals surface area contributed by atoms with Crippen molar-refractivity contribution in [1.82, 2.24) is 14.8 Å². The normalized spacial score (nSPS) is 11.8. The van der Waals surface area contributed by atoms with Crippen molar-refractivity contribution in [2.45, 2.75) is 24.3 Å². The van der Waals surface area contributed by atoms with Crippen LogP contribution in [0.25, 0.3) is 11.4 Å². The van der Waals surface area contributed by atoms with Gasteiger partial charge in [0.05, 0.1) is 25.2 Å². The quantitative estimate of drug-likeness (QED) is 0.593. The van der Waals surface area contributed by atoms with Gasteiger partial charge >= 0.3 is 0 Å². The van der Waals surface area contributed by atoms with Crippen LogP contribution in [-0.2, 0) is 11.8 Å². The number of nitrogens with zero attached hydrogens (tertiary/aromatic N) is 3. The van der Waals surface area contributed by atoms with E-state index in [9.17, 15) is 4.79 Å². The Morgan fingerprint density at radius 3 is 2.48 bits per heavy atom. The lowest BCUT2D eigenvalue weighted by atomic mass is 10.2. The predicted octanol–water partition coefficient (Wildman–Crippen LogP) is 3.93. The Hall–Kier alpha value is -3.00. The first-order valence-corrected chi connectivity index (χ1v) is 9.97. The number of anilines is 1. The van der Waals surface area contributed by atoms with Crippen molar-refractivity contribution in [3.63, 3.8) is 0 Å². The highest BCUT2D eigenvalue weighted by Gasteiger charge is 2.20. The number of carbonyl (C=O) groups is 1. The summed E-state index contributed by atoms with van der Waals surface area (Å²) in [5, 5.41) is 11.8. The molecular weight excluding hydrogens is 388 g/mol. The van der Waals surface area contributed by atoms with Crippen LogP contribution >= 0.6 is 11.8 Å². The Kier molecular flexibility index (Phi) is 6.43. The molecule has 0 radical (unpaired) electrons. The molecule has 0 fully saturated rings. The van der Waals surface area contributed by atoms with Crippen LogP contribution in [-0.4, -0.2) is 40.1 Å². The molecule has 1 atom stereocenters. The van der Waals surface area contributed by atoms with E-state index >= 15 is 0 Å². The van der Waals surface area contributed by atoms with Crippen molar-refractivity contribution in [3.8, 4) is 22.9 Å². The summed E-state index contributed by atoms with van der Waals surface area (Å²) in [6, 6.07) is 13.3. The zero-order valence-electron chi connectivity index (χ0n) is 17.1. The number of benzene rings is 2. The molecule has 0 saturated carbocycles. The van der Waals surface area contributed by atoms with Gasteiger partial charge in [-0.15, -0.1) is 10.2 Å². The van der Waals surface area contributed by atoms with Crippen LogP contribution in [0.3, 0.4) is 0 Å². The van der Waals surface area contributed by atoms with Gasteiger partial charge in [-0.1, -0.05) is 17.8 Å². The molecule has 0 aliphatic rings. The molecule has 2 aromatic carbocycles. The average molecular weight is 413 g/mol. The molecular formula is C21H24N4O3S. The lowest BCUT2D eigenvalue weighted by molar-refractivity contribution is -0.115. The highest BCUT2D eigenvalue weighted by molar-refractivity contribution is 8.00. The molecule has 1 amide bonds. The minimum Gasteiger partial charge on any atom is -0.497 e. The topological polar surface area (TPSA) is 78.3 Å². The van der Waals surface area contributed by atoms with Gasteiger partial charge in [-0.25, -0.2) is 0 Å². The highest BCUT2D eigenvalue weighted by Crippen LogP contribution is 2.29. The summed E-state index contributed by atoms with van der Waals surface area (Å²) in [5.74, 6) is 2.00. The molecule has 1 aromatic heterocycles. The van der Waals surface area contributed by atoms with Gasteiger partial charge in [0, 0.05) is 12.6 Å². The van der Waals surface area contributed by atoms with Gasteiger partial charge in [0.1, 0.15) is 11.5 Å². The molecule has 152 valence electrons. The van der Waals surface area contributed by atoms with Gasteiger partial charge in [-0.2, -0.15) is 0 Å². The van der Waals surface area contributed by atoms with E-state index in [0.717, 1.165) is 22.7 Å². The number of rotatable bonds is 7. The number of carbonyl (C=O) groups excluding carboxylic acids is 1. The first-order chi connectivity index (χ1) is 13.9. The fourth-order valence-electron chi connectivity index (χ4n) is 2.77. The number of aromatic nitrogens is 3. The number of aryl methyl sites for hydroxylation is 1. The Labute approximate surface area is 174 Å². The molecule has 8 heteroatoms. The van der Waals surface area contributed by atoms with Gasteiger partial charge in [-0.3, -0.25) is 4.79 Å². The van der Waals surface area contributed by atoms with E-state index < -0.39 is 0 Å². The van der Waals surface area contributed by atoms with Gasteiger partial charge in [0.25, 0.3) is 0 Å². The maximum Gasteiger partial charge on any atom is 0.237 e. The Balaban J connectivity index is 1.72. The van der Waals surface area contributed by atoms with Crippen LogP contribution in [0.4, 0.5) is 5.69 Å². The lowest BCUT2D eigenvalue weighted by Gasteiger charge is -2.14. The van der Waals surface area contributed by atoms with E-state index in [1.165, 1.54) is 11.8 Å². The number of hydrogen-bond donors (Lipinski definition) is 1. The molecule has 29 heavy (non-hydrogen) atoms. The third-order valence-corrected chi connectivity index (χ3v) is 5.58. The highest BCUT2D eigenvalue weighted by atomic mass is 32.2. The summed E-state index contributed by atoms with van der Waals surface area (Å²) in [4.78, 5) is 12.7. The number of ether oxygens (including phenoxy) is 2. The molecule has 0 bridgehead atoms. The summed E-state index contributed by atoms with van der Waals surface area (Å²) < 4.78 is 12.4. The van der Waals surface area contributed by atoms with E-state index in [1.54, 1.807) is 14.2 Å². The molecule has 3 aromatic rings. The lowest BCUT2D eigenvalue weighted by Crippen LogP contribution is -2.23. The SMILES string of the molecule is COc1ccc(-c2nnc(S[C@@H](C)C(=O)Nc3cc(C)ccc3OC)n2C)cc1. The van der Waals surface area contributed by atoms with E-state index in [0.29, 0.717) is 16.6 Å². The molecule has 0 unspecified atom stereocenters. The minimum absolute atomic E-state index is 0.132. The van der Waals surface area contributed by atoms with Crippen molar-refractivity contribution >= 4 is 23.4 Å². The van der Waals surface area contributed by atoms with Crippen LogP contribution < -0.4 is 14.8 Å². The maximum atomic E-state index is 12.7. The summed E-state index contributed by atoms with van der Waals surface area (Å²) in [6.07, 6.45) is 0. The van der Waals surface area contributed by atoms with E-state index in [1.807, 2.05) is 67.9 Å². The minimum atomic E-state index is -0.369. The standard InChI is InChI=1S/C21H24N4O3S/c1-13-6-11-18(28-5)17(12-13)22-20(26)14(2)29-21-24-23-19(25(21)3)15-7-9-16(27-4)10-8-15/h6-12,14H,1-5H3,(H,22,26)/t14-/m0/s1. The Morgan fingerprint density at radius 1 is 1.10 bits per heavy atom. The molecule has 3 rings (SSSR count). The van der Waals surface area contributed by atoms with Crippen molar-refractivity contribution in [2.24, 2.45) is 7.05 Å². The second-order valence-corrected chi connectivity index (χ2v) is 7.85. The van der Waals surface area contributed by atoms with Gasteiger partial charge in [-0.05, 0) is 55.8 Å². The van der Waals surface area contributed by atoms with Crippen LogP contribution in [0.5, 0.6) is 11.5 Å². The predicted molar refractivity (Wildman–Crippen MR) is 115 cm³/mol. The zero-order chi connectivity index (χ0) is 21.0. The zero-order valence-corrected chi connectivity index (χ0v) is 17.9.